The molecule has 0 amide bonds. The predicted octanol–water partition coefficient (Wildman–Crippen LogP) is 5.07. The van der Waals surface area contributed by atoms with E-state index in [0.717, 1.165) is 21.3 Å². The first-order valence-electron chi connectivity index (χ1n) is 11.9. The van der Waals surface area contributed by atoms with E-state index in [1.54, 1.807) is 26.2 Å². The van der Waals surface area contributed by atoms with Crippen LogP contribution in [0.15, 0.2) is 47.3 Å². The van der Waals surface area contributed by atoms with Crippen molar-refractivity contribution >= 4 is 5.78 Å². The van der Waals surface area contributed by atoms with Gasteiger partial charge in [-0.1, -0.05) is 38.1 Å². The van der Waals surface area contributed by atoms with Crippen molar-refractivity contribution in [2.45, 2.75) is 59.6 Å². The van der Waals surface area contributed by atoms with E-state index >= 15 is 0 Å². The summed E-state index contributed by atoms with van der Waals surface area (Å²) in [4.78, 5) is 26.5. The Bertz CT molecular complexity index is 1360. The minimum absolute atomic E-state index is 0.0767. The highest BCUT2D eigenvalue weighted by Gasteiger charge is 2.28. The number of ketones is 1. The molecule has 3 aromatic rings. The number of Topliss-reactive ketones (excluding diaryl/α,β-unsaturated/α-hetero) is 1. The maximum atomic E-state index is 13.5. The van der Waals surface area contributed by atoms with Gasteiger partial charge >= 0.3 is 0 Å². The molecule has 0 spiro atoms. The highest BCUT2D eigenvalue weighted by atomic mass is 16.5. The summed E-state index contributed by atoms with van der Waals surface area (Å²) in [6.07, 6.45) is -0.542. The first-order valence-corrected chi connectivity index (χ1v) is 11.9. The summed E-state index contributed by atoms with van der Waals surface area (Å²) in [7, 11) is 1.58. The molecule has 0 aliphatic heterocycles. The molecule has 7 heteroatoms. The topological polar surface area (TPSA) is 102 Å². The maximum Gasteiger partial charge on any atom is 0.271 e. The molecule has 0 aliphatic carbocycles. The normalized spacial score (nSPS) is 11.7. The third-order valence-electron chi connectivity index (χ3n) is 6.29. The summed E-state index contributed by atoms with van der Waals surface area (Å²) in [5.41, 5.74) is 2.13. The van der Waals surface area contributed by atoms with Crippen molar-refractivity contribution < 1.29 is 19.4 Å². The number of rotatable bonds is 9. The van der Waals surface area contributed by atoms with Crippen LogP contribution in [0.5, 0.6) is 17.4 Å². The first kappa shape index (κ1) is 26.6. The Morgan fingerprint density at radius 1 is 1.11 bits per heavy atom. The Labute approximate surface area is 211 Å². The summed E-state index contributed by atoms with van der Waals surface area (Å²) in [6, 6.07) is 15.1. The van der Waals surface area contributed by atoms with Gasteiger partial charge in [0.25, 0.3) is 5.56 Å². The zero-order valence-corrected chi connectivity index (χ0v) is 21.6. The van der Waals surface area contributed by atoms with Crippen LogP contribution >= 0.6 is 0 Å². The van der Waals surface area contributed by atoms with E-state index in [1.165, 1.54) is 6.92 Å². The predicted molar refractivity (Wildman–Crippen MR) is 138 cm³/mol. The minimum atomic E-state index is -0.951. The van der Waals surface area contributed by atoms with Crippen molar-refractivity contribution in [3.8, 4) is 23.4 Å². The lowest BCUT2D eigenvalue weighted by Gasteiger charge is -2.21. The van der Waals surface area contributed by atoms with E-state index in [4.69, 9.17) is 9.47 Å². The van der Waals surface area contributed by atoms with Crippen LogP contribution in [0.2, 0.25) is 0 Å². The van der Waals surface area contributed by atoms with Crippen molar-refractivity contribution in [3.63, 3.8) is 0 Å². The Hall–Kier alpha value is -4.05. The molecule has 1 aromatic heterocycles. The fourth-order valence-electron chi connectivity index (χ4n) is 4.15. The lowest BCUT2D eigenvalue weighted by Crippen LogP contribution is -2.31. The number of carbonyl (C=O) groups excluding carboxylic acids is 1. The average molecular weight is 489 g/mol. The summed E-state index contributed by atoms with van der Waals surface area (Å²) >= 11 is 0. The standard InChI is InChI=1S/C29H32N2O5/c1-17(2)23-12-7-18(3)15-25(23)36-20(5)27(32)26-19(4)24(16-30)28(33)31(29(26)34)14-13-21-8-10-22(35-6)11-9-21/h7-12,15,17,20,34H,13-14H2,1-6H3. The van der Waals surface area contributed by atoms with Crippen LogP contribution < -0.4 is 15.0 Å². The van der Waals surface area contributed by atoms with E-state index in [9.17, 15) is 20.0 Å². The third kappa shape index (κ3) is 5.44. The van der Waals surface area contributed by atoms with Gasteiger partial charge in [-0.15, -0.1) is 0 Å². The molecule has 1 unspecified atom stereocenters. The van der Waals surface area contributed by atoms with E-state index in [2.05, 4.69) is 0 Å². The fourth-order valence-corrected chi connectivity index (χ4v) is 4.15. The molecule has 1 atom stereocenters. The molecule has 7 nitrogen and oxygen atoms in total. The fraction of sp³-hybridized carbons (Fsp3) is 0.345. The van der Waals surface area contributed by atoms with Crippen molar-refractivity contribution in [1.29, 1.82) is 5.26 Å². The van der Waals surface area contributed by atoms with E-state index in [1.807, 2.05) is 57.2 Å². The SMILES string of the molecule is COc1ccc(CCn2c(O)c(C(=O)C(C)Oc3cc(C)ccc3C(C)C)c(C)c(C#N)c2=O)cc1. The second-order valence-electron chi connectivity index (χ2n) is 9.19. The number of aryl methyl sites for hydroxylation is 2. The number of hydrogen-bond donors (Lipinski definition) is 1. The number of benzene rings is 2. The summed E-state index contributed by atoms with van der Waals surface area (Å²) in [6.45, 7) is 9.22. The molecule has 0 saturated carbocycles. The Morgan fingerprint density at radius 3 is 2.36 bits per heavy atom. The van der Waals surface area contributed by atoms with Crippen molar-refractivity contribution in [2.75, 3.05) is 7.11 Å². The molecule has 36 heavy (non-hydrogen) atoms. The highest BCUT2D eigenvalue weighted by Crippen LogP contribution is 2.30. The minimum Gasteiger partial charge on any atom is -0.497 e. The van der Waals surface area contributed by atoms with Gasteiger partial charge in [-0.2, -0.15) is 5.26 Å². The van der Waals surface area contributed by atoms with Gasteiger partial charge in [0.2, 0.25) is 11.7 Å². The smallest absolute Gasteiger partial charge is 0.271 e. The van der Waals surface area contributed by atoms with Crippen LogP contribution in [-0.4, -0.2) is 28.7 Å². The number of hydrogen-bond acceptors (Lipinski definition) is 6. The summed E-state index contributed by atoms with van der Waals surface area (Å²) in [5, 5.41) is 20.7. The van der Waals surface area contributed by atoms with E-state index in [-0.39, 0.29) is 29.2 Å². The molecule has 0 saturated heterocycles. The van der Waals surface area contributed by atoms with E-state index in [0.29, 0.717) is 17.9 Å². The Balaban J connectivity index is 1.97. The van der Waals surface area contributed by atoms with Gasteiger partial charge in [-0.05, 0) is 73.6 Å². The van der Waals surface area contributed by atoms with Crippen LogP contribution in [0.25, 0.3) is 0 Å². The first-order chi connectivity index (χ1) is 17.1. The maximum absolute atomic E-state index is 13.5. The second-order valence-corrected chi connectivity index (χ2v) is 9.19. The lowest BCUT2D eigenvalue weighted by atomic mass is 9.98. The molecule has 2 aromatic carbocycles. The van der Waals surface area contributed by atoms with Crippen LogP contribution in [0.3, 0.4) is 0 Å². The number of nitrogens with zero attached hydrogens (tertiary/aromatic N) is 2. The number of ether oxygens (including phenoxy) is 2. The number of carbonyl (C=O) groups is 1. The van der Waals surface area contributed by atoms with Gasteiger partial charge in [-0.25, -0.2) is 0 Å². The molecule has 0 fully saturated rings. The second kappa shape index (κ2) is 11.1. The molecule has 188 valence electrons. The number of pyridine rings is 1. The van der Waals surface area contributed by atoms with Crippen LogP contribution in [0.4, 0.5) is 0 Å². The van der Waals surface area contributed by atoms with Gasteiger partial charge in [-0.3, -0.25) is 14.2 Å². The lowest BCUT2D eigenvalue weighted by molar-refractivity contribution is 0.0810. The van der Waals surface area contributed by atoms with Crippen molar-refractivity contribution in [3.05, 3.63) is 86.2 Å². The average Bonchev–Trinajstić information content (AvgIpc) is 2.84. The molecule has 0 radical (unpaired) electrons. The Kier molecular flexibility index (Phi) is 8.21. The van der Waals surface area contributed by atoms with Gasteiger partial charge in [0.1, 0.15) is 23.1 Å². The largest absolute Gasteiger partial charge is 0.497 e. The zero-order valence-electron chi connectivity index (χ0n) is 21.6. The van der Waals surface area contributed by atoms with Crippen molar-refractivity contribution in [1.82, 2.24) is 4.57 Å². The number of nitriles is 1. The molecule has 0 aliphatic rings. The van der Waals surface area contributed by atoms with Crippen LogP contribution in [0.1, 0.15) is 64.9 Å². The van der Waals surface area contributed by atoms with Gasteiger partial charge in [0.15, 0.2) is 6.10 Å². The van der Waals surface area contributed by atoms with Gasteiger partial charge in [0, 0.05) is 6.54 Å². The van der Waals surface area contributed by atoms with Gasteiger partial charge in [0.05, 0.1) is 12.7 Å². The van der Waals surface area contributed by atoms with Gasteiger partial charge < -0.3 is 14.6 Å². The molecular weight excluding hydrogens is 456 g/mol. The zero-order chi connectivity index (χ0) is 26.6. The highest BCUT2D eigenvalue weighted by molar-refractivity contribution is 6.03. The molecule has 3 rings (SSSR count). The molecule has 1 heterocycles. The monoisotopic (exact) mass is 488 g/mol. The summed E-state index contributed by atoms with van der Waals surface area (Å²) in [5.74, 6) is 0.520. The Morgan fingerprint density at radius 2 is 1.78 bits per heavy atom. The summed E-state index contributed by atoms with van der Waals surface area (Å²) < 4.78 is 12.3. The molecular formula is C29H32N2O5. The van der Waals surface area contributed by atoms with E-state index < -0.39 is 23.3 Å². The number of aromatic hydroxyl groups is 1. The molecule has 0 bridgehead atoms. The number of aromatic nitrogens is 1. The number of methoxy groups -OCH3 is 1. The van der Waals surface area contributed by atoms with Crippen LogP contribution in [-0.2, 0) is 13.0 Å². The molecule has 1 N–H and O–H groups in total. The quantitative estimate of drug-likeness (QED) is 0.422. The third-order valence-corrected chi connectivity index (χ3v) is 6.29. The van der Waals surface area contributed by atoms with Crippen LogP contribution in [0, 0.1) is 25.2 Å². The van der Waals surface area contributed by atoms with Crippen molar-refractivity contribution in [2.24, 2.45) is 0 Å².